The van der Waals surface area contributed by atoms with Crippen molar-refractivity contribution in [3.8, 4) is 0 Å². The molecule has 5 atom stereocenters. The Morgan fingerprint density at radius 1 is 0.722 bits per heavy atom. The predicted molar refractivity (Wildman–Crippen MR) is 65.9 cm³/mol. The smallest absolute Gasteiger partial charge is 0.111 e. The second-order valence-corrected chi connectivity index (χ2v) is 4.61. The first-order valence-corrected chi connectivity index (χ1v) is 6.46. The highest BCUT2D eigenvalue weighted by Crippen LogP contribution is 2.14. The van der Waals surface area contributed by atoms with Gasteiger partial charge in [-0.05, 0) is 25.7 Å². The molecule has 0 fully saturated rings. The van der Waals surface area contributed by atoms with Gasteiger partial charge in [-0.15, -0.1) is 0 Å². The molecule has 0 radical (unpaired) electrons. The normalized spacial score (nSPS) is 20.2. The van der Waals surface area contributed by atoms with Gasteiger partial charge >= 0.3 is 0 Å². The number of hydrogen-bond acceptors (Lipinski definition) is 6. The number of aliphatic hydroxyl groups is 6. The standard InChI is InChI=1S/C12H26O6/c1-2-5-8(14)10(16)12(18)11(17)9(15)6-3-4-7-13/h8-18H,2-7H2,1H3/t8-,9-,10-,11+,12-/m0/s1. The van der Waals surface area contributed by atoms with Crippen molar-refractivity contribution in [3.63, 3.8) is 0 Å². The van der Waals surface area contributed by atoms with Crippen LogP contribution in [0.5, 0.6) is 0 Å². The second-order valence-electron chi connectivity index (χ2n) is 4.61. The first-order chi connectivity index (χ1) is 8.45. The lowest BCUT2D eigenvalue weighted by molar-refractivity contribution is -0.135. The third kappa shape index (κ3) is 6.08. The Labute approximate surface area is 108 Å². The maximum atomic E-state index is 9.64. The molecule has 6 heteroatoms. The average Bonchev–Trinajstić information content (AvgIpc) is 2.36. The van der Waals surface area contributed by atoms with Gasteiger partial charge < -0.3 is 30.6 Å². The van der Waals surface area contributed by atoms with Gasteiger partial charge in [0.2, 0.25) is 0 Å². The summed E-state index contributed by atoms with van der Waals surface area (Å²) in [4.78, 5) is 0. The fourth-order valence-corrected chi connectivity index (χ4v) is 1.76. The molecule has 0 aromatic rings. The van der Waals surface area contributed by atoms with Crippen molar-refractivity contribution in [3.05, 3.63) is 0 Å². The highest BCUT2D eigenvalue weighted by Gasteiger charge is 2.33. The number of aliphatic hydroxyl groups excluding tert-OH is 6. The molecule has 0 amide bonds. The molecule has 110 valence electrons. The van der Waals surface area contributed by atoms with E-state index >= 15 is 0 Å². The van der Waals surface area contributed by atoms with Crippen molar-refractivity contribution in [1.82, 2.24) is 0 Å². The summed E-state index contributed by atoms with van der Waals surface area (Å²) in [5, 5.41) is 56.5. The van der Waals surface area contributed by atoms with E-state index in [4.69, 9.17) is 5.11 Å². The molecule has 0 aliphatic carbocycles. The number of unbranched alkanes of at least 4 members (excludes halogenated alkanes) is 1. The third-order valence-corrected chi connectivity index (χ3v) is 2.98. The fourth-order valence-electron chi connectivity index (χ4n) is 1.76. The maximum absolute atomic E-state index is 9.64. The highest BCUT2D eigenvalue weighted by molar-refractivity contribution is 4.84. The van der Waals surface area contributed by atoms with E-state index in [1.54, 1.807) is 0 Å². The summed E-state index contributed by atoms with van der Waals surface area (Å²) in [7, 11) is 0. The molecular formula is C12H26O6. The van der Waals surface area contributed by atoms with Crippen molar-refractivity contribution >= 4 is 0 Å². The van der Waals surface area contributed by atoms with Crippen LogP contribution < -0.4 is 0 Å². The van der Waals surface area contributed by atoms with Crippen LogP contribution in [0.4, 0.5) is 0 Å². The minimum Gasteiger partial charge on any atom is -0.396 e. The molecule has 18 heavy (non-hydrogen) atoms. The number of hydrogen-bond donors (Lipinski definition) is 6. The molecule has 0 aliphatic heterocycles. The molecule has 0 saturated heterocycles. The average molecular weight is 266 g/mol. The monoisotopic (exact) mass is 266 g/mol. The van der Waals surface area contributed by atoms with Crippen LogP contribution in [0, 0.1) is 0 Å². The zero-order chi connectivity index (χ0) is 14.1. The molecule has 0 saturated carbocycles. The van der Waals surface area contributed by atoms with E-state index in [0.29, 0.717) is 25.7 Å². The van der Waals surface area contributed by atoms with E-state index in [2.05, 4.69) is 0 Å². The van der Waals surface area contributed by atoms with Gasteiger partial charge in [0.25, 0.3) is 0 Å². The quantitative estimate of drug-likeness (QED) is 0.275. The predicted octanol–water partition coefficient (Wildman–Crippen LogP) is -1.25. The van der Waals surface area contributed by atoms with Crippen molar-refractivity contribution in [2.45, 2.75) is 69.5 Å². The summed E-state index contributed by atoms with van der Waals surface area (Å²) in [5.74, 6) is 0. The van der Waals surface area contributed by atoms with Gasteiger partial charge in [0, 0.05) is 6.61 Å². The lowest BCUT2D eigenvalue weighted by Gasteiger charge is -2.29. The minimum atomic E-state index is -1.59. The van der Waals surface area contributed by atoms with Gasteiger partial charge in [0.05, 0.1) is 12.2 Å². The van der Waals surface area contributed by atoms with Gasteiger partial charge in [0.15, 0.2) is 0 Å². The molecular weight excluding hydrogens is 240 g/mol. The first kappa shape index (κ1) is 17.8. The van der Waals surface area contributed by atoms with Crippen LogP contribution in [0.15, 0.2) is 0 Å². The Kier molecular flexibility index (Phi) is 9.53. The largest absolute Gasteiger partial charge is 0.396 e. The van der Waals surface area contributed by atoms with Crippen molar-refractivity contribution in [2.24, 2.45) is 0 Å². The Morgan fingerprint density at radius 2 is 1.22 bits per heavy atom. The third-order valence-electron chi connectivity index (χ3n) is 2.98. The summed E-state index contributed by atoms with van der Waals surface area (Å²) < 4.78 is 0. The lowest BCUT2D eigenvalue weighted by Crippen LogP contribution is -2.49. The molecule has 0 unspecified atom stereocenters. The van der Waals surface area contributed by atoms with Gasteiger partial charge in [-0.1, -0.05) is 13.3 Å². The SMILES string of the molecule is CCC[C@H](O)[C@H](O)[C@H](O)[C@H](O)[C@@H](O)CCCCO. The summed E-state index contributed by atoms with van der Waals surface area (Å²) in [6.07, 6.45) is -4.70. The van der Waals surface area contributed by atoms with Gasteiger partial charge in [-0.3, -0.25) is 0 Å². The van der Waals surface area contributed by atoms with E-state index in [1.807, 2.05) is 6.92 Å². The van der Waals surface area contributed by atoms with Crippen molar-refractivity contribution < 1.29 is 30.6 Å². The second kappa shape index (κ2) is 9.66. The van der Waals surface area contributed by atoms with E-state index in [-0.39, 0.29) is 13.0 Å². The van der Waals surface area contributed by atoms with Crippen molar-refractivity contribution in [2.75, 3.05) is 6.61 Å². The Morgan fingerprint density at radius 3 is 1.67 bits per heavy atom. The van der Waals surface area contributed by atoms with Crippen LogP contribution in [-0.2, 0) is 0 Å². The molecule has 0 rings (SSSR count). The zero-order valence-corrected chi connectivity index (χ0v) is 10.8. The molecule has 6 nitrogen and oxygen atoms in total. The Hall–Kier alpha value is -0.240. The van der Waals surface area contributed by atoms with Crippen LogP contribution in [0.2, 0.25) is 0 Å². The van der Waals surface area contributed by atoms with Crippen LogP contribution in [0.3, 0.4) is 0 Å². The van der Waals surface area contributed by atoms with Gasteiger partial charge in [0.1, 0.15) is 18.3 Å². The lowest BCUT2D eigenvalue weighted by atomic mass is 9.95. The van der Waals surface area contributed by atoms with E-state index < -0.39 is 30.5 Å². The van der Waals surface area contributed by atoms with E-state index in [9.17, 15) is 25.5 Å². The molecule has 0 aliphatic rings. The van der Waals surface area contributed by atoms with Crippen LogP contribution >= 0.6 is 0 Å². The Balaban J connectivity index is 4.17. The van der Waals surface area contributed by atoms with Crippen LogP contribution in [0.25, 0.3) is 0 Å². The first-order valence-electron chi connectivity index (χ1n) is 6.46. The summed E-state index contributed by atoms with van der Waals surface area (Å²) >= 11 is 0. The highest BCUT2D eigenvalue weighted by atomic mass is 16.4. The molecule has 0 heterocycles. The number of rotatable bonds is 10. The van der Waals surface area contributed by atoms with Crippen molar-refractivity contribution in [1.29, 1.82) is 0 Å². The summed E-state index contributed by atoms with van der Waals surface area (Å²) in [6.45, 7) is 1.83. The molecule has 6 N–H and O–H groups in total. The maximum Gasteiger partial charge on any atom is 0.111 e. The molecule has 0 bridgehead atoms. The molecule has 0 spiro atoms. The fraction of sp³-hybridized carbons (Fsp3) is 1.00. The van der Waals surface area contributed by atoms with Crippen LogP contribution in [0.1, 0.15) is 39.0 Å². The topological polar surface area (TPSA) is 121 Å². The Bertz CT molecular complexity index is 201. The molecule has 0 aromatic carbocycles. The molecule has 0 aromatic heterocycles. The van der Waals surface area contributed by atoms with E-state index in [1.165, 1.54) is 0 Å². The summed E-state index contributed by atoms with van der Waals surface area (Å²) in [5.41, 5.74) is 0. The van der Waals surface area contributed by atoms with Gasteiger partial charge in [-0.2, -0.15) is 0 Å². The van der Waals surface area contributed by atoms with E-state index in [0.717, 1.165) is 0 Å². The minimum absolute atomic E-state index is 0.00318. The zero-order valence-electron chi connectivity index (χ0n) is 10.8. The van der Waals surface area contributed by atoms with Crippen LogP contribution in [-0.4, -0.2) is 67.8 Å². The summed E-state index contributed by atoms with van der Waals surface area (Å²) in [6, 6.07) is 0. The van der Waals surface area contributed by atoms with Gasteiger partial charge in [-0.25, -0.2) is 0 Å².